The van der Waals surface area contributed by atoms with Crippen LogP contribution in [0.15, 0.2) is 17.0 Å². The molecule has 140 valence electrons. The fraction of sp³-hybridized carbons (Fsp3) is 0.556. The van der Waals surface area contributed by atoms with Crippen LogP contribution >= 0.6 is 23.4 Å². The predicted octanol–water partition coefficient (Wildman–Crippen LogP) is 5.14. The van der Waals surface area contributed by atoms with Gasteiger partial charge in [0.1, 0.15) is 11.1 Å². The lowest BCUT2D eigenvalue weighted by Crippen LogP contribution is -2.25. The van der Waals surface area contributed by atoms with Gasteiger partial charge in [0.25, 0.3) is 0 Å². The molecule has 4 nitrogen and oxygen atoms in total. The van der Waals surface area contributed by atoms with E-state index in [1.165, 1.54) is 6.07 Å². The van der Waals surface area contributed by atoms with Gasteiger partial charge in [-0.2, -0.15) is 0 Å². The van der Waals surface area contributed by atoms with Gasteiger partial charge in [0.05, 0.1) is 16.8 Å². The van der Waals surface area contributed by atoms with Crippen LogP contribution in [0.2, 0.25) is 5.02 Å². The number of hydrogen-bond donors (Lipinski definition) is 1. The van der Waals surface area contributed by atoms with Crippen molar-refractivity contribution in [3.8, 4) is 0 Å². The van der Waals surface area contributed by atoms with Crippen molar-refractivity contribution in [3.63, 3.8) is 0 Å². The molecule has 2 atom stereocenters. The average molecular weight is 390 g/mol. The average Bonchev–Trinajstić information content (AvgIpc) is 2.49. The van der Waals surface area contributed by atoms with Crippen molar-refractivity contribution < 1.29 is 18.7 Å². The van der Waals surface area contributed by atoms with Gasteiger partial charge in [0, 0.05) is 10.8 Å². The first-order chi connectivity index (χ1) is 11.5. The number of halogens is 2. The summed E-state index contributed by atoms with van der Waals surface area (Å²) < 4.78 is 19.3. The Hall–Kier alpha value is -1.27. The largest absolute Gasteiger partial charge is 0.462 e. The van der Waals surface area contributed by atoms with Crippen molar-refractivity contribution in [3.05, 3.63) is 23.0 Å². The van der Waals surface area contributed by atoms with Crippen LogP contribution in [0.5, 0.6) is 0 Å². The molecule has 0 aliphatic heterocycles. The van der Waals surface area contributed by atoms with Gasteiger partial charge in [-0.15, -0.1) is 11.8 Å². The number of benzene rings is 1. The lowest BCUT2D eigenvalue weighted by molar-refractivity contribution is -0.146. The summed E-state index contributed by atoms with van der Waals surface area (Å²) in [4.78, 5) is 24.6. The zero-order valence-corrected chi connectivity index (χ0v) is 16.9. The molecule has 1 N–H and O–H groups in total. The molecule has 0 bridgehead atoms. The lowest BCUT2D eigenvalue weighted by atomic mass is 9.97. The van der Waals surface area contributed by atoms with Crippen molar-refractivity contribution in [2.24, 2.45) is 11.8 Å². The number of carbonyl (C=O) groups is 2. The maximum Gasteiger partial charge on any atom is 0.319 e. The molecule has 2 unspecified atom stereocenters. The summed E-state index contributed by atoms with van der Waals surface area (Å²) in [5, 5.41) is 2.26. The van der Waals surface area contributed by atoms with Crippen LogP contribution in [-0.4, -0.2) is 23.2 Å². The third-order valence-corrected chi connectivity index (χ3v) is 5.24. The molecule has 0 spiro atoms. The van der Waals surface area contributed by atoms with Crippen LogP contribution in [0.4, 0.5) is 10.1 Å². The van der Waals surface area contributed by atoms with Gasteiger partial charge in [-0.3, -0.25) is 9.59 Å². The van der Waals surface area contributed by atoms with Crippen LogP contribution in [0.1, 0.15) is 41.5 Å². The molecule has 1 rings (SSSR count). The SMILES string of the molecule is CC(C)OC(=O)C(C)Sc1cc(NC(=O)C(C)C(C)C)c(F)cc1Cl. The second-order valence-corrected chi connectivity index (χ2v) is 8.32. The molecule has 25 heavy (non-hydrogen) atoms. The molecule has 0 saturated carbocycles. The Bertz CT molecular complexity index is 637. The molecular weight excluding hydrogens is 365 g/mol. The van der Waals surface area contributed by atoms with Crippen LogP contribution in [-0.2, 0) is 14.3 Å². The minimum atomic E-state index is -0.615. The minimum Gasteiger partial charge on any atom is -0.462 e. The molecule has 0 aromatic heterocycles. The first kappa shape index (κ1) is 21.8. The summed E-state index contributed by atoms with van der Waals surface area (Å²) in [5.41, 5.74) is 0.0498. The minimum absolute atomic E-state index is 0.0498. The third-order valence-electron chi connectivity index (χ3n) is 3.68. The fourth-order valence-electron chi connectivity index (χ4n) is 1.83. The van der Waals surface area contributed by atoms with Crippen molar-refractivity contribution in [2.45, 2.75) is 57.8 Å². The second kappa shape index (κ2) is 9.43. The number of anilines is 1. The van der Waals surface area contributed by atoms with E-state index in [4.69, 9.17) is 16.3 Å². The summed E-state index contributed by atoms with van der Waals surface area (Å²) in [6, 6.07) is 2.59. The Balaban J connectivity index is 2.96. The highest BCUT2D eigenvalue weighted by molar-refractivity contribution is 8.00. The predicted molar refractivity (Wildman–Crippen MR) is 101 cm³/mol. The van der Waals surface area contributed by atoms with Gasteiger partial charge >= 0.3 is 5.97 Å². The highest BCUT2D eigenvalue weighted by Gasteiger charge is 2.22. The van der Waals surface area contributed by atoms with E-state index in [-0.39, 0.29) is 40.5 Å². The molecule has 0 fully saturated rings. The van der Waals surface area contributed by atoms with Gasteiger partial charge < -0.3 is 10.1 Å². The fourth-order valence-corrected chi connectivity index (χ4v) is 3.01. The Kier molecular flexibility index (Phi) is 8.22. The van der Waals surface area contributed by atoms with Gasteiger partial charge in [-0.1, -0.05) is 32.4 Å². The molecule has 1 aromatic rings. The topological polar surface area (TPSA) is 55.4 Å². The first-order valence-electron chi connectivity index (χ1n) is 8.20. The first-order valence-corrected chi connectivity index (χ1v) is 9.45. The molecule has 0 aliphatic rings. The number of hydrogen-bond acceptors (Lipinski definition) is 4. The van der Waals surface area contributed by atoms with E-state index in [1.54, 1.807) is 27.7 Å². The quantitative estimate of drug-likeness (QED) is 0.518. The molecule has 0 aliphatic carbocycles. The number of amides is 1. The molecule has 1 amide bonds. The van der Waals surface area contributed by atoms with Crippen LogP contribution in [0.25, 0.3) is 0 Å². The van der Waals surface area contributed by atoms with Crippen molar-refractivity contribution >= 4 is 40.9 Å². The normalized spacial score (nSPS) is 13.7. The van der Waals surface area contributed by atoms with E-state index in [0.29, 0.717) is 4.90 Å². The number of esters is 1. The maximum absolute atomic E-state index is 14.1. The van der Waals surface area contributed by atoms with Crippen LogP contribution < -0.4 is 5.32 Å². The van der Waals surface area contributed by atoms with Crippen LogP contribution in [0, 0.1) is 17.7 Å². The molecule has 7 heteroatoms. The van der Waals surface area contributed by atoms with Gasteiger partial charge in [0.15, 0.2) is 0 Å². The number of carbonyl (C=O) groups excluding carboxylic acids is 2. The molecule has 1 aromatic carbocycles. The number of rotatable bonds is 7. The summed E-state index contributed by atoms with van der Waals surface area (Å²) in [6.45, 7) is 10.9. The molecular formula is C18H25ClFNO3S. The van der Waals surface area contributed by atoms with Crippen molar-refractivity contribution in [1.82, 2.24) is 0 Å². The molecule has 0 heterocycles. The number of ether oxygens (including phenoxy) is 1. The standard InChI is InChI=1S/C18H25ClFNO3S/c1-9(2)11(5)17(22)21-15-8-16(13(19)7-14(15)20)25-12(6)18(23)24-10(3)4/h7-12H,1-6H3,(H,21,22). The lowest BCUT2D eigenvalue weighted by Gasteiger charge is -2.18. The Morgan fingerprint density at radius 3 is 2.28 bits per heavy atom. The monoisotopic (exact) mass is 389 g/mol. The zero-order valence-electron chi connectivity index (χ0n) is 15.4. The van der Waals surface area contributed by atoms with E-state index in [2.05, 4.69) is 5.32 Å². The summed E-state index contributed by atoms with van der Waals surface area (Å²) in [5.74, 6) is -1.38. The number of nitrogens with one attached hydrogen (secondary N) is 1. The number of thioether (sulfide) groups is 1. The van der Waals surface area contributed by atoms with Crippen molar-refractivity contribution in [2.75, 3.05) is 5.32 Å². The smallest absolute Gasteiger partial charge is 0.319 e. The van der Waals surface area contributed by atoms with Gasteiger partial charge in [-0.25, -0.2) is 4.39 Å². The summed E-state index contributed by atoms with van der Waals surface area (Å²) in [7, 11) is 0. The van der Waals surface area contributed by atoms with Crippen LogP contribution in [0.3, 0.4) is 0 Å². The highest BCUT2D eigenvalue weighted by atomic mass is 35.5. The van der Waals surface area contributed by atoms with Gasteiger partial charge in [0.2, 0.25) is 5.91 Å². The van der Waals surface area contributed by atoms with E-state index < -0.39 is 11.1 Å². The zero-order chi connectivity index (χ0) is 19.3. The third kappa shape index (κ3) is 6.51. The Labute approximate surface area is 157 Å². The molecule has 0 radical (unpaired) electrons. The van der Waals surface area contributed by atoms with E-state index in [0.717, 1.165) is 17.8 Å². The Morgan fingerprint density at radius 1 is 1.16 bits per heavy atom. The highest BCUT2D eigenvalue weighted by Crippen LogP contribution is 2.35. The van der Waals surface area contributed by atoms with E-state index in [1.807, 2.05) is 13.8 Å². The second-order valence-electron chi connectivity index (χ2n) is 6.53. The van der Waals surface area contributed by atoms with Gasteiger partial charge in [-0.05, 0) is 38.8 Å². The molecule has 0 saturated heterocycles. The summed E-state index contributed by atoms with van der Waals surface area (Å²) >= 11 is 7.24. The van der Waals surface area contributed by atoms with Crippen molar-refractivity contribution in [1.29, 1.82) is 0 Å². The Morgan fingerprint density at radius 2 is 1.76 bits per heavy atom. The summed E-state index contributed by atoms with van der Waals surface area (Å²) in [6.07, 6.45) is -0.216. The van der Waals surface area contributed by atoms with E-state index >= 15 is 0 Å². The maximum atomic E-state index is 14.1. The van der Waals surface area contributed by atoms with E-state index in [9.17, 15) is 14.0 Å².